The normalized spacial score (nSPS) is 14.2. The number of thiazole rings is 1. The van der Waals surface area contributed by atoms with Crippen molar-refractivity contribution in [3.8, 4) is 5.75 Å². The van der Waals surface area contributed by atoms with Crippen LogP contribution in [0.2, 0.25) is 0 Å². The molecule has 3 rings (SSSR count). The van der Waals surface area contributed by atoms with Crippen LogP contribution in [0.25, 0.3) is 0 Å². The molecule has 1 aromatic carbocycles. The van der Waals surface area contributed by atoms with Crippen LogP contribution in [0.15, 0.2) is 24.3 Å². The number of carbonyl (C=O) groups excluding carboxylic acids is 1. The van der Waals surface area contributed by atoms with E-state index in [-0.39, 0.29) is 6.61 Å². The number of rotatable bonds is 7. The van der Waals surface area contributed by atoms with Crippen LogP contribution in [0, 0.1) is 6.92 Å². The Kier molecular flexibility index (Phi) is 5.48. The first-order valence-corrected chi connectivity index (χ1v) is 9.07. The number of aryl methyl sites for hydroxylation is 3. The molecular formula is C18H22N2O3S. The molecule has 1 atom stereocenters. The highest BCUT2D eigenvalue weighted by molar-refractivity contribution is 7.11. The predicted molar refractivity (Wildman–Crippen MR) is 93.5 cm³/mol. The second-order valence-electron chi connectivity index (χ2n) is 5.96. The Hall–Kier alpha value is -1.92. The van der Waals surface area contributed by atoms with Gasteiger partial charge in [0.05, 0.1) is 10.7 Å². The molecule has 0 saturated heterocycles. The summed E-state index contributed by atoms with van der Waals surface area (Å²) in [5.74, 6) is 0.273. The number of hydrogen-bond acceptors (Lipinski definition) is 5. The van der Waals surface area contributed by atoms with E-state index >= 15 is 0 Å². The van der Waals surface area contributed by atoms with Crippen molar-refractivity contribution in [1.29, 1.82) is 0 Å². The minimum atomic E-state index is -1.18. The van der Waals surface area contributed by atoms with Gasteiger partial charge in [-0.05, 0) is 37.8 Å². The highest BCUT2D eigenvalue weighted by Crippen LogP contribution is 2.27. The average molecular weight is 346 g/mol. The second-order valence-corrected chi connectivity index (χ2v) is 7.13. The van der Waals surface area contributed by atoms with Crippen LogP contribution in [0.3, 0.4) is 0 Å². The van der Waals surface area contributed by atoms with E-state index in [2.05, 4.69) is 10.3 Å². The molecule has 0 unspecified atom stereocenters. The third-order valence-corrected chi connectivity index (χ3v) is 5.29. The lowest BCUT2D eigenvalue weighted by atomic mass is 10.2. The second kappa shape index (κ2) is 7.77. The largest absolute Gasteiger partial charge is 0.490 e. The quantitative estimate of drug-likeness (QED) is 0.805. The molecule has 5 nitrogen and oxygen atoms in total. The number of carbonyl (C=O) groups is 1. The highest BCUT2D eigenvalue weighted by atomic mass is 32.1. The fourth-order valence-electron chi connectivity index (χ4n) is 2.72. The molecule has 1 aromatic heterocycles. The number of aromatic nitrogens is 1. The van der Waals surface area contributed by atoms with Crippen LogP contribution in [0.1, 0.15) is 27.6 Å². The number of fused-ring (bicyclic) bond motifs is 1. The fraction of sp³-hybridized carbons (Fsp3) is 0.444. The molecule has 1 amide bonds. The van der Waals surface area contributed by atoms with Crippen molar-refractivity contribution in [1.82, 2.24) is 10.3 Å². The molecule has 2 N–H and O–H groups in total. The van der Waals surface area contributed by atoms with Gasteiger partial charge in [0.2, 0.25) is 0 Å². The molecular weight excluding hydrogens is 324 g/mol. The zero-order valence-electron chi connectivity index (χ0n) is 13.7. The molecule has 0 fully saturated rings. The third kappa shape index (κ3) is 4.13. The molecule has 1 aliphatic carbocycles. The Bertz CT molecular complexity index is 693. The van der Waals surface area contributed by atoms with Crippen LogP contribution in [-0.4, -0.2) is 35.3 Å². The van der Waals surface area contributed by atoms with E-state index in [0.717, 1.165) is 23.4 Å². The lowest BCUT2D eigenvalue weighted by Gasteiger charge is -2.13. The lowest BCUT2D eigenvalue weighted by molar-refractivity contribution is -0.130. The van der Waals surface area contributed by atoms with Gasteiger partial charge in [-0.25, -0.2) is 4.98 Å². The van der Waals surface area contributed by atoms with Gasteiger partial charge in [0.15, 0.2) is 6.10 Å². The van der Waals surface area contributed by atoms with Crippen molar-refractivity contribution in [2.45, 2.75) is 38.7 Å². The number of nitrogens with zero attached hydrogens (tertiary/aromatic N) is 1. The van der Waals surface area contributed by atoms with Gasteiger partial charge in [0.1, 0.15) is 12.4 Å². The first kappa shape index (κ1) is 16.9. The van der Waals surface area contributed by atoms with Crippen LogP contribution in [-0.2, 0) is 24.1 Å². The van der Waals surface area contributed by atoms with E-state index in [9.17, 15) is 9.90 Å². The summed E-state index contributed by atoms with van der Waals surface area (Å²) >= 11 is 1.74. The van der Waals surface area contributed by atoms with E-state index in [1.165, 1.54) is 17.0 Å². The van der Waals surface area contributed by atoms with Gasteiger partial charge < -0.3 is 15.2 Å². The number of ether oxygens (including phenoxy) is 1. The summed E-state index contributed by atoms with van der Waals surface area (Å²) in [7, 11) is 0. The third-order valence-electron chi connectivity index (χ3n) is 4.07. The van der Waals surface area contributed by atoms with E-state index in [1.54, 1.807) is 11.3 Å². The summed E-state index contributed by atoms with van der Waals surface area (Å²) in [4.78, 5) is 17.9. The predicted octanol–water partition coefficient (Wildman–Crippen LogP) is 2.04. The van der Waals surface area contributed by atoms with Gasteiger partial charge in [0, 0.05) is 17.8 Å². The minimum absolute atomic E-state index is 0.0533. The standard InChI is InChI=1S/C18H22N2O3S/c1-12-5-2-3-7-15(12)23-11-14(21)18(22)19-10-9-17-20-13-6-4-8-16(13)24-17/h2-3,5,7,14,21H,4,6,8-11H2,1H3,(H,19,22)/t14-/m1/s1. The van der Waals surface area contributed by atoms with E-state index < -0.39 is 12.0 Å². The van der Waals surface area contributed by atoms with Crippen LogP contribution >= 0.6 is 11.3 Å². The molecule has 128 valence electrons. The molecule has 1 aliphatic rings. The van der Waals surface area contributed by atoms with Crippen molar-refractivity contribution in [2.75, 3.05) is 13.2 Å². The highest BCUT2D eigenvalue weighted by Gasteiger charge is 2.18. The number of nitrogens with one attached hydrogen (secondary N) is 1. The summed E-state index contributed by atoms with van der Waals surface area (Å²) in [6.07, 6.45) is 2.94. The topological polar surface area (TPSA) is 71.5 Å². The Morgan fingerprint density at radius 1 is 1.42 bits per heavy atom. The Morgan fingerprint density at radius 3 is 3.04 bits per heavy atom. The number of para-hydroxylation sites is 1. The number of amides is 1. The molecule has 0 saturated carbocycles. The molecule has 6 heteroatoms. The van der Waals surface area contributed by atoms with Crippen LogP contribution < -0.4 is 10.1 Å². The summed E-state index contributed by atoms with van der Waals surface area (Å²) in [6.45, 7) is 2.35. The molecule has 2 aromatic rings. The minimum Gasteiger partial charge on any atom is -0.490 e. The zero-order valence-corrected chi connectivity index (χ0v) is 14.6. The van der Waals surface area contributed by atoms with Crippen molar-refractivity contribution in [3.05, 3.63) is 45.4 Å². The summed E-state index contributed by atoms with van der Waals surface area (Å²) in [5.41, 5.74) is 2.20. The Labute approximate surface area is 145 Å². The van der Waals surface area contributed by atoms with Gasteiger partial charge in [-0.2, -0.15) is 0 Å². The fourth-order valence-corrected chi connectivity index (χ4v) is 3.88. The van der Waals surface area contributed by atoms with Gasteiger partial charge in [-0.1, -0.05) is 18.2 Å². The Morgan fingerprint density at radius 2 is 2.25 bits per heavy atom. The SMILES string of the molecule is Cc1ccccc1OC[C@@H](O)C(=O)NCCc1nc2c(s1)CCC2. The summed E-state index contributed by atoms with van der Waals surface area (Å²) in [6, 6.07) is 7.52. The van der Waals surface area contributed by atoms with Gasteiger partial charge in [-0.15, -0.1) is 11.3 Å². The molecule has 1 heterocycles. The molecule has 0 bridgehead atoms. The molecule has 0 aliphatic heterocycles. The number of aliphatic hydroxyl groups excluding tert-OH is 1. The molecule has 0 radical (unpaired) electrons. The first-order valence-electron chi connectivity index (χ1n) is 8.25. The first-order chi connectivity index (χ1) is 11.6. The lowest BCUT2D eigenvalue weighted by Crippen LogP contribution is -2.39. The monoisotopic (exact) mass is 346 g/mol. The van der Waals surface area contributed by atoms with Crippen molar-refractivity contribution in [2.24, 2.45) is 0 Å². The summed E-state index contributed by atoms with van der Waals surface area (Å²) < 4.78 is 5.50. The molecule has 0 spiro atoms. The van der Waals surface area contributed by atoms with Crippen LogP contribution in [0.5, 0.6) is 5.75 Å². The van der Waals surface area contributed by atoms with Crippen molar-refractivity contribution in [3.63, 3.8) is 0 Å². The Balaban J connectivity index is 1.40. The zero-order chi connectivity index (χ0) is 16.9. The van der Waals surface area contributed by atoms with E-state index in [0.29, 0.717) is 18.7 Å². The smallest absolute Gasteiger partial charge is 0.252 e. The maximum atomic E-state index is 11.9. The maximum Gasteiger partial charge on any atom is 0.252 e. The average Bonchev–Trinajstić information content (AvgIpc) is 3.15. The molecule has 24 heavy (non-hydrogen) atoms. The van der Waals surface area contributed by atoms with E-state index in [1.807, 2.05) is 31.2 Å². The van der Waals surface area contributed by atoms with Crippen molar-refractivity contribution >= 4 is 17.2 Å². The van der Waals surface area contributed by atoms with E-state index in [4.69, 9.17) is 4.74 Å². The van der Waals surface area contributed by atoms with Crippen molar-refractivity contribution < 1.29 is 14.6 Å². The van der Waals surface area contributed by atoms with Gasteiger partial charge in [0.25, 0.3) is 5.91 Å². The van der Waals surface area contributed by atoms with Gasteiger partial charge in [-0.3, -0.25) is 4.79 Å². The summed E-state index contributed by atoms with van der Waals surface area (Å²) in [5, 5.41) is 13.7. The number of benzene rings is 1. The van der Waals surface area contributed by atoms with Crippen LogP contribution in [0.4, 0.5) is 0 Å². The number of aliphatic hydroxyl groups is 1. The maximum absolute atomic E-state index is 11.9. The van der Waals surface area contributed by atoms with Gasteiger partial charge >= 0.3 is 0 Å². The number of hydrogen-bond donors (Lipinski definition) is 2.